The van der Waals surface area contributed by atoms with E-state index in [-0.39, 0.29) is 30.6 Å². The van der Waals surface area contributed by atoms with E-state index in [4.69, 9.17) is 31.5 Å². The summed E-state index contributed by atoms with van der Waals surface area (Å²) in [5.74, 6) is 0.862. The van der Waals surface area contributed by atoms with Gasteiger partial charge in [-0.2, -0.15) is 0 Å². The van der Waals surface area contributed by atoms with Crippen LogP contribution < -0.4 is 20.5 Å². The Hall–Kier alpha value is -3.01. The molecule has 2 aliphatic rings. The van der Waals surface area contributed by atoms with Crippen LogP contribution in [0, 0.1) is 0 Å². The monoisotopic (exact) mass is 530 g/mol. The van der Waals surface area contributed by atoms with Gasteiger partial charge in [-0.1, -0.05) is 24.4 Å². The summed E-state index contributed by atoms with van der Waals surface area (Å²) >= 11 is 6.59. The summed E-state index contributed by atoms with van der Waals surface area (Å²) in [5.41, 5.74) is 8.34. The molecule has 1 aliphatic carbocycles. The molecule has 4 rings (SSSR count). The van der Waals surface area contributed by atoms with E-state index < -0.39 is 0 Å². The fourth-order valence-electron chi connectivity index (χ4n) is 4.93. The summed E-state index contributed by atoms with van der Waals surface area (Å²) in [7, 11) is 3.09. The Labute approximate surface area is 222 Å². The van der Waals surface area contributed by atoms with Crippen LogP contribution in [-0.4, -0.2) is 74.3 Å². The van der Waals surface area contributed by atoms with E-state index >= 15 is 0 Å². The number of carbonyl (C=O) groups is 2. The number of anilines is 1. The van der Waals surface area contributed by atoms with Gasteiger partial charge in [-0.25, -0.2) is 4.79 Å². The zero-order valence-corrected chi connectivity index (χ0v) is 22.1. The third-order valence-electron chi connectivity index (χ3n) is 7.01. The quantitative estimate of drug-likeness (QED) is 0.557. The number of rotatable bonds is 7. The van der Waals surface area contributed by atoms with Crippen LogP contribution in [-0.2, 0) is 11.3 Å². The Balaban J connectivity index is 1.60. The zero-order valence-electron chi connectivity index (χ0n) is 21.4. The molecule has 2 aromatic carbocycles. The normalized spacial score (nSPS) is 19.7. The van der Waals surface area contributed by atoms with E-state index in [0.29, 0.717) is 54.1 Å². The molecule has 2 unspecified atom stereocenters. The van der Waals surface area contributed by atoms with Crippen molar-refractivity contribution < 1.29 is 23.8 Å². The summed E-state index contributed by atoms with van der Waals surface area (Å²) in [6.07, 6.45) is 3.70. The van der Waals surface area contributed by atoms with Crippen molar-refractivity contribution in [2.45, 2.75) is 44.3 Å². The van der Waals surface area contributed by atoms with Crippen molar-refractivity contribution in [3.8, 4) is 11.5 Å². The molecule has 9 nitrogen and oxygen atoms in total. The average Bonchev–Trinajstić information content (AvgIpc) is 2.93. The van der Waals surface area contributed by atoms with Crippen LogP contribution >= 0.6 is 11.6 Å². The molecule has 0 aromatic heterocycles. The molecule has 1 heterocycles. The standard InChI is InChI=1S/C27H35ClN4O5/c1-35-24-10-7-18(16-25(24)36-2)26(33)32(23-6-4-3-5-22(23)29)17-19-15-20(8-9-21(19)28)30-27(34)31-11-13-37-14-12-31/h7-10,15-16,22-23H,3-6,11-14,17,29H2,1-2H3,(H,30,34). The molecule has 1 saturated carbocycles. The lowest BCUT2D eigenvalue weighted by Crippen LogP contribution is -2.51. The summed E-state index contributed by atoms with van der Waals surface area (Å²) in [5, 5.41) is 3.46. The van der Waals surface area contributed by atoms with Gasteiger partial charge < -0.3 is 35.1 Å². The van der Waals surface area contributed by atoms with Crippen molar-refractivity contribution in [2.75, 3.05) is 45.8 Å². The fraction of sp³-hybridized carbons (Fsp3) is 0.481. The van der Waals surface area contributed by atoms with Crippen molar-refractivity contribution in [3.05, 3.63) is 52.5 Å². The molecule has 3 N–H and O–H groups in total. The summed E-state index contributed by atoms with van der Waals surface area (Å²) in [6.45, 7) is 2.38. The molecular weight excluding hydrogens is 496 g/mol. The van der Waals surface area contributed by atoms with E-state index in [1.54, 1.807) is 47.2 Å². The molecule has 2 fully saturated rings. The SMILES string of the molecule is COc1ccc(C(=O)N(Cc2cc(NC(=O)N3CCOCC3)ccc2Cl)C2CCCCC2N)cc1OC. The maximum absolute atomic E-state index is 13.9. The van der Waals surface area contributed by atoms with Gasteiger partial charge in [-0.15, -0.1) is 0 Å². The first-order valence-corrected chi connectivity index (χ1v) is 13.0. The molecule has 2 aromatic rings. The highest BCUT2D eigenvalue weighted by Crippen LogP contribution is 2.32. The van der Waals surface area contributed by atoms with E-state index in [2.05, 4.69) is 5.32 Å². The highest BCUT2D eigenvalue weighted by atomic mass is 35.5. The number of ether oxygens (including phenoxy) is 3. The van der Waals surface area contributed by atoms with Crippen LogP contribution in [0.15, 0.2) is 36.4 Å². The topological polar surface area (TPSA) is 106 Å². The van der Waals surface area contributed by atoms with Crippen molar-refractivity contribution >= 4 is 29.2 Å². The van der Waals surface area contributed by atoms with Gasteiger partial charge in [-0.05, 0) is 54.8 Å². The van der Waals surface area contributed by atoms with E-state index in [0.717, 1.165) is 31.2 Å². The van der Waals surface area contributed by atoms with Crippen LogP contribution in [0.4, 0.5) is 10.5 Å². The Morgan fingerprint density at radius 3 is 2.51 bits per heavy atom. The second-order valence-corrected chi connectivity index (χ2v) is 9.76. The van der Waals surface area contributed by atoms with Crippen LogP contribution in [0.25, 0.3) is 0 Å². The predicted octanol–water partition coefficient (Wildman–Crippen LogP) is 4.13. The summed E-state index contributed by atoms with van der Waals surface area (Å²) in [6, 6.07) is 9.99. The number of nitrogens with zero attached hydrogens (tertiary/aromatic N) is 2. The smallest absolute Gasteiger partial charge is 0.321 e. The molecule has 2 atom stereocenters. The number of hydrogen-bond acceptors (Lipinski definition) is 6. The van der Waals surface area contributed by atoms with Gasteiger partial charge in [0.05, 0.1) is 27.4 Å². The first-order valence-electron chi connectivity index (χ1n) is 12.6. The number of amides is 3. The number of hydrogen-bond donors (Lipinski definition) is 2. The predicted molar refractivity (Wildman–Crippen MR) is 143 cm³/mol. The number of methoxy groups -OCH3 is 2. The molecular formula is C27H35ClN4O5. The largest absolute Gasteiger partial charge is 0.493 e. The molecule has 0 spiro atoms. The van der Waals surface area contributed by atoms with Gasteiger partial charge >= 0.3 is 6.03 Å². The lowest BCUT2D eigenvalue weighted by Gasteiger charge is -2.39. The van der Waals surface area contributed by atoms with E-state index in [1.807, 2.05) is 6.07 Å². The van der Waals surface area contributed by atoms with Crippen molar-refractivity contribution in [1.82, 2.24) is 9.80 Å². The Morgan fingerprint density at radius 1 is 1.08 bits per heavy atom. The van der Waals surface area contributed by atoms with Crippen LogP contribution in [0.1, 0.15) is 41.6 Å². The molecule has 10 heteroatoms. The highest BCUT2D eigenvalue weighted by Gasteiger charge is 2.32. The number of morpholine rings is 1. The molecule has 1 saturated heterocycles. The van der Waals surface area contributed by atoms with Crippen LogP contribution in [0.5, 0.6) is 11.5 Å². The molecule has 0 bridgehead atoms. The maximum atomic E-state index is 13.9. The first kappa shape index (κ1) is 27.0. The van der Waals surface area contributed by atoms with E-state index in [1.165, 1.54) is 7.11 Å². The number of urea groups is 1. The Bertz CT molecular complexity index is 1110. The average molecular weight is 531 g/mol. The van der Waals surface area contributed by atoms with Crippen molar-refractivity contribution in [3.63, 3.8) is 0 Å². The summed E-state index contributed by atoms with van der Waals surface area (Å²) in [4.78, 5) is 30.1. The Morgan fingerprint density at radius 2 is 1.81 bits per heavy atom. The number of nitrogens with two attached hydrogens (primary N) is 1. The van der Waals surface area contributed by atoms with Gasteiger partial charge in [0.2, 0.25) is 0 Å². The van der Waals surface area contributed by atoms with Gasteiger partial charge in [0.1, 0.15) is 0 Å². The third kappa shape index (κ3) is 6.47. The van der Waals surface area contributed by atoms with Gasteiger partial charge in [0, 0.05) is 48.0 Å². The minimum atomic E-state index is -0.191. The number of halogens is 1. The fourth-order valence-corrected chi connectivity index (χ4v) is 5.11. The highest BCUT2D eigenvalue weighted by molar-refractivity contribution is 6.31. The minimum Gasteiger partial charge on any atom is -0.493 e. The van der Waals surface area contributed by atoms with Crippen molar-refractivity contribution in [1.29, 1.82) is 0 Å². The molecule has 0 radical (unpaired) electrons. The Kier molecular flexibility index (Phi) is 9.13. The molecule has 37 heavy (non-hydrogen) atoms. The van der Waals surface area contributed by atoms with Crippen molar-refractivity contribution in [2.24, 2.45) is 5.73 Å². The minimum absolute atomic E-state index is 0.138. The lowest BCUT2D eigenvalue weighted by molar-refractivity contribution is 0.0564. The molecule has 200 valence electrons. The molecule has 1 aliphatic heterocycles. The third-order valence-corrected chi connectivity index (χ3v) is 7.38. The van der Waals surface area contributed by atoms with Gasteiger partial charge in [0.25, 0.3) is 5.91 Å². The van der Waals surface area contributed by atoms with Crippen LogP contribution in [0.3, 0.4) is 0 Å². The van der Waals surface area contributed by atoms with Gasteiger partial charge in [0.15, 0.2) is 11.5 Å². The van der Waals surface area contributed by atoms with Crippen LogP contribution in [0.2, 0.25) is 5.02 Å². The maximum Gasteiger partial charge on any atom is 0.321 e. The lowest BCUT2D eigenvalue weighted by atomic mass is 9.89. The number of benzene rings is 2. The number of carbonyl (C=O) groups excluding carboxylic acids is 2. The van der Waals surface area contributed by atoms with Gasteiger partial charge in [-0.3, -0.25) is 4.79 Å². The molecule has 3 amide bonds. The van der Waals surface area contributed by atoms with E-state index in [9.17, 15) is 9.59 Å². The second-order valence-electron chi connectivity index (χ2n) is 9.35. The summed E-state index contributed by atoms with van der Waals surface area (Å²) < 4.78 is 16.1. The zero-order chi connectivity index (χ0) is 26.4. The first-order chi connectivity index (χ1) is 17.9. The second kappa shape index (κ2) is 12.5. The number of nitrogens with one attached hydrogen (secondary N) is 1.